The highest BCUT2D eigenvalue weighted by Crippen LogP contribution is 2.13. The summed E-state index contributed by atoms with van der Waals surface area (Å²) in [7, 11) is 0. The summed E-state index contributed by atoms with van der Waals surface area (Å²) in [6.07, 6.45) is 8.21. The van der Waals surface area contributed by atoms with E-state index < -0.39 is 0 Å². The van der Waals surface area contributed by atoms with Crippen molar-refractivity contribution in [1.29, 1.82) is 0 Å². The standard InChI is InChI=1S/C22H17F/c23-22-16-14-21(15-17-22)13-12-20-10-8-19(9-11-20)7-6-18-4-2-1-3-5-18/h1-17H/b7-6+,13-12+. The summed E-state index contributed by atoms with van der Waals surface area (Å²) >= 11 is 0. The molecule has 1 heteroatoms. The second-order valence-corrected chi connectivity index (χ2v) is 5.30. The van der Waals surface area contributed by atoms with Gasteiger partial charge in [-0.1, -0.05) is 91.0 Å². The molecule has 0 nitrogen and oxygen atoms in total. The molecule has 0 aromatic heterocycles. The van der Waals surface area contributed by atoms with Crippen molar-refractivity contribution in [1.82, 2.24) is 0 Å². The highest BCUT2D eigenvalue weighted by atomic mass is 19.1. The van der Waals surface area contributed by atoms with E-state index in [1.807, 2.05) is 30.4 Å². The number of halogens is 1. The van der Waals surface area contributed by atoms with Gasteiger partial charge in [0, 0.05) is 0 Å². The topological polar surface area (TPSA) is 0 Å². The molecule has 0 heterocycles. The first-order chi connectivity index (χ1) is 11.3. The van der Waals surface area contributed by atoms with Crippen molar-refractivity contribution in [2.45, 2.75) is 0 Å². The Kier molecular flexibility index (Phi) is 4.80. The molecule has 0 N–H and O–H groups in total. The van der Waals surface area contributed by atoms with Gasteiger partial charge in [0.15, 0.2) is 0 Å². The van der Waals surface area contributed by atoms with Crippen molar-refractivity contribution in [3.05, 3.63) is 107 Å². The number of hydrogen-bond donors (Lipinski definition) is 0. The highest BCUT2D eigenvalue weighted by Gasteiger charge is 1.91. The van der Waals surface area contributed by atoms with Crippen LogP contribution in [-0.4, -0.2) is 0 Å². The van der Waals surface area contributed by atoms with Gasteiger partial charge < -0.3 is 0 Å². The fourth-order valence-corrected chi connectivity index (χ4v) is 2.24. The maximum absolute atomic E-state index is 12.9. The van der Waals surface area contributed by atoms with Crippen LogP contribution in [0.5, 0.6) is 0 Å². The molecule has 3 aromatic rings. The summed E-state index contributed by atoms with van der Waals surface area (Å²) in [6.45, 7) is 0. The Hall–Kier alpha value is -2.93. The van der Waals surface area contributed by atoms with Crippen molar-refractivity contribution in [3.63, 3.8) is 0 Å². The van der Waals surface area contributed by atoms with E-state index in [0.29, 0.717) is 0 Å². The van der Waals surface area contributed by atoms with Gasteiger partial charge in [0.1, 0.15) is 5.82 Å². The van der Waals surface area contributed by atoms with E-state index in [2.05, 4.69) is 48.6 Å². The van der Waals surface area contributed by atoms with Crippen LogP contribution in [-0.2, 0) is 0 Å². The molecule has 3 rings (SSSR count). The quantitative estimate of drug-likeness (QED) is 0.506. The third-order valence-electron chi connectivity index (χ3n) is 3.54. The van der Waals surface area contributed by atoms with Gasteiger partial charge in [0.25, 0.3) is 0 Å². The van der Waals surface area contributed by atoms with Crippen LogP contribution in [0.15, 0.2) is 78.9 Å². The number of hydrogen-bond acceptors (Lipinski definition) is 0. The predicted octanol–water partition coefficient (Wildman–Crippen LogP) is 6.17. The summed E-state index contributed by atoms with van der Waals surface area (Å²) in [6, 6.07) is 25.0. The molecule has 0 saturated carbocycles. The van der Waals surface area contributed by atoms with Crippen LogP contribution in [0.25, 0.3) is 24.3 Å². The molecule has 0 amide bonds. The molecule has 0 fully saturated rings. The van der Waals surface area contributed by atoms with Crippen molar-refractivity contribution >= 4 is 24.3 Å². The summed E-state index contributed by atoms with van der Waals surface area (Å²) in [5.41, 5.74) is 4.45. The molecule has 0 aliphatic rings. The molecule has 0 saturated heterocycles. The molecule has 0 bridgehead atoms. The van der Waals surface area contributed by atoms with Crippen LogP contribution in [0.1, 0.15) is 22.3 Å². The lowest BCUT2D eigenvalue weighted by atomic mass is 10.1. The molecule has 0 atom stereocenters. The minimum atomic E-state index is -0.211. The van der Waals surface area contributed by atoms with Crippen molar-refractivity contribution in [2.24, 2.45) is 0 Å². The monoisotopic (exact) mass is 300 g/mol. The van der Waals surface area contributed by atoms with E-state index in [1.54, 1.807) is 12.1 Å². The molecule has 0 aliphatic heterocycles. The molecule has 0 spiro atoms. The second-order valence-electron chi connectivity index (χ2n) is 5.30. The van der Waals surface area contributed by atoms with Gasteiger partial charge in [0.05, 0.1) is 0 Å². The molecule has 0 unspecified atom stereocenters. The summed E-state index contributed by atoms with van der Waals surface area (Å²) in [5, 5.41) is 0. The molecule has 23 heavy (non-hydrogen) atoms. The van der Waals surface area contributed by atoms with E-state index in [9.17, 15) is 4.39 Å². The van der Waals surface area contributed by atoms with Gasteiger partial charge in [0.2, 0.25) is 0 Å². The molecule has 3 aromatic carbocycles. The van der Waals surface area contributed by atoms with Crippen LogP contribution >= 0.6 is 0 Å². The minimum absolute atomic E-state index is 0.211. The van der Waals surface area contributed by atoms with E-state index in [4.69, 9.17) is 0 Å². The van der Waals surface area contributed by atoms with Crippen molar-refractivity contribution in [2.75, 3.05) is 0 Å². The Morgan fingerprint density at radius 3 is 1.22 bits per heavy atom. The van der Waals surface area contributed by atoms with Gasteiger partial charge >= 0.3 is 0 Å². The molecule has 0 aliphatic carbocycles. The SMILES string of the molecule is Fc1ccc(/C=C/c2ccc(/C=C/c3ccccc3)cc2)cc1. The van der Waals surface area contributed by atoms with Crippen LogP contribution in [0.4, 0.5) is 4.39 Å². The zero-order chi connectivity index (χ0) is 15.9. The smallest absolute Gasteiger partial charge is 0.123 e. The van der Waals surface area contributed by atoms with Crippen LogP contribution in [0.3, 0.4) is 0 Å². The average molecular weight is 300 g/mol. The van der Waals surface area contributed by atoms with Crippen LogP contribution in [0.2, 0.25) is 0 Å². The Morgan fingerprint density at radius 1 is 0.435 bits per heavy atom. The van der Waals surface area contributed by atoms with E-state index in [-0.39, 0.29) is 5.82 Å². The van der Waals surface area contributed by atoms with E-state index in [1.165, 1.54) is 17.7 Å². The van der Waals surface area contributed by atoms with Gasteiger partial charge in [-0.3, -0.25) is 0 Å². The molecular weight excluding hydrogens is 283 g/mol. The lowest BCUT2D eigenvalue weighted by Gasteiger charge is -1.97. The van der Waals surface area contributed by atoms with E-state index >= 15 is 0 Å². The third-order valence-corrected chi connectivity index (χ3v) is 3.54. The number of benzene rings is 3. The van der Waals surface area contributed by atoms with Crippen molar-refractivity contribution in [3.8, 4) is 0 Å². The first-order valence-electron chi connectivity index (χ1n) is 7.56. The Morgan fingerprint density at radius 2 is 0.783 bits per heavy atom. The fraction of sp³-hybridized carbons (Fsp3) is 0. The zero-order valence-corrected chi connectivity index (χ0v) is 12.7. The number of rotatable bonds is 4. The lowest BCUT2D eigenvalue weighted by Crippen LogP contribution is -1.77. The van der Waals surface area contributed by atoms with Gasteiger partial charge in [-0.05, 0) is 34.4 Å². The highest BCUT2D eigenvalue weighted by molar-refractivity contribution is 5.72. The normalized spacial score (nSPS) is 11.3. The first kappa shape index (κ1) is 15.0. The van der Waals surface area contributed by atoms with E-state index in [0.717, 1.165) is 16.7 Å². The maximum atomic E-state index is 12.9. The largest absolute Gasteiger partial charge is 0.207 e. The lowest BCUT2D eigenvalue weighted by molar-refractivity contribution is 0.628. The third kappa shape index (κ3) is 4.52. The van der Waals surface area contributed by atoms with Gasteiger partial charge in [-0.25, -0.2) is 4.39 Å². The van der Waals surface area contributed by atoms with Crippen LogP contribution in [0, 0.1) is 5.82 Å². The fourth-order valence-electron chi connectivity index (χ4n) is 2.24. The molecule has 112 valence electrons. The second kappa shape index (κ2) is 7.37. The van der Waals surface area contributed by atoms with Crippen LogP contribution < -0.4 is 0 Å². The first-order valence-corrected chi connectivity index (χ1v) is 7.56. The summed E-state index contributed by atoms with van der Waals surface area (Å²) in [5.74, 6) is -0.211. The van der Waals surface area contributed by atoms with Gasteiger partial charge in [-0.15, -0.1) is 0 Å². The Bertz CT molecular complexity index is 795. The maximum Gasteiger partial charge on any atom is 0.123 e. The predicted molar refractivity (Wildman–Crippen MR) is 97.1 cm³/mol. The Labute approximate surface area is 136 Å². The average Bonchev–Trinajstić information content (AvgIpc) is 2.61. The summed E-state index contributed by atoms with van der Waals surface area (Å²) < 4.78 is 12.9. The summed E-state index contributed by atoms with van der Waals surface area (Å²) in [4.78, 5) is 0. The molecular formula is C22H17F. The van der Waals surface area contributed by atoms with Crippen molar-refractivity contribution < 1.29 is 4.39 Å². The minimum Gasteiger partial charge on any atom is -0.207 e. The Balaban J connectivity index is 1.67. The zero-order valence-electron chi connectivity index (χ0n) is 12.7. The van der Waals surface area contributed by atoms with Gasteiger partial charge in [-0.2, -0.15) is 0 Å². The molecule has 0 radical (unpaired) electrons.